The lowest BCUT2D eigenvalue weighted by atomic mass is 10.0. The van der Waals surface area contributed by atoms with Gasteiger partial charge in [-0.05, 0) is 51.5 Å². The molecule has 2 fully saturated rings. The van der Waals surface area contributed by atoms with Crippen LogP contribution >= 0.6 is 0 Å². The average Bonchev–Trinajstić information content (AvgIpc) is 3.11. The van der Waals surface area contributed by atoms with Crippen molar-refractivity contribution in [1.29, 1.82) is 0 Å². The van der Waals surface area contributed by atoms with Gasteiger partial charge < -0.3 is 5.32 Å². The zero-order chi connectivity index (χ0) is 12.3. The van der Waals surface area contributed by atoms with Crippen molar-refractivity contribution < 1.29 is 8.42 Å². The van der Waals surface area contributed by atoms with Crippen LogP contribution in [-0.2, 0) is 10.0 Å². The minimum Gasteiger partial charge on any atom is -0.314 e. The van der Waals surface area contributed by atoms with Gasteiger partial charge in [-0.2, -0.15) is 0 Å². The summed E-state index contributed by atoms with van der Waals surface area (Å²) in [5.74, 6) is 0.847. The Morgan fingerprint density at radius 3 is 2.65 bits per heavy atom. The Labute approximate surface area is 105 Å². The van der Waals surface area contributed by atoms with Gasteiger partial charge in [-0.25, -0.2) is 13.1 Å². The first-order valence-electron chi connectivity index (χ1n) is 6.80. The molecule has 2 N–H and O–H groups in total. The van der Waals surface area contributed by atoms with Crippen molar-refractivity contribution >= 4 is 10.0 Å². The van der Waals surface area contributed by atoms with Crippen molar-refractivity contribution in [2.45, 2.75) is 57.5 Å². The summed E-state index contributed by atoms with van der Waals surface area (Å²) in [6.07, 6.45) is 6.66. The van der Waals surface area contributed by atoms with Gasteiger partial charge in [0.25, 0.3) is 0 Å². The Kier molecular flexibility index (Phi) is 4.44. The van der Waals surface area contributed by atoms with Crippen molar-refractivity contribution in [1.82, 2.24) is 10.0 Å². The largest absolute Gasteiger partial charge is 0.314 e. The molecule has 0 bridgehead atoms. The smallest absolute Gasteiger partial charge is 0.211 e. The van der Waals surface area contributed by atoms with Crippen LogP contribution in [0.25, 0.3) is 0 Å². The Bertz CT molecular complexity index is 332. The number of hydrogen-bond donors (Lipinski definition) is 2. The second-order valence-electron chi connectivity index (χ2n) is 5.50. The van der Waals surface area contributed by atoms with E-state index in [9.17, 15) is 8.42 Å². The van der Waals surface area contributed by atoms with Crippen LogP contribution in [0, 0.1) is 5.92 Å². The molecule has 2 atom stereocenters. The summed E-state index contributed by atoms with van der Waals surface area (Å²) in [7, 11) is -3.08. The molecule has 1 aliphatic heterocycles. The third kappa shape index (κ3) is 4.56. The van der Waals surface area contributed by atoms with E-state index in [0.717, 1.165) is 19.4 Å². The summed E-state index contributed by atoms with van der Waals surface area (Å²) in [5.41, 5.74) is 0. The highest BCUT2D eigenvalue weighted by atomic mass is 32.2. The van der Waals surface area contributed by atoms with Crippen LogP contribution in [0.15, 0.2) is 0 Å². The fourth-order valence-electron chi connectivity index (χ4n) is 2.50. The van der Waals surface area contributed by atoms with Gasteiger partial charge in [0.1, 0.15) is 0 Å². The fourth-order valence-corrected chi connectivity index (χ4v) is 3.97. The lowest BCUT2D eigenvalue weighted by Gasteiger charge is -2.23. The maximum atomic E-state index is 11.9. The van der Waals surface area contributed by atoms with E-state index in [1.165, 1.54) is 25.7 Å². The number of piperidine rings is 1. The molecule has 0 aromatic heterocycles. The molecular formula is C12H24N2O2S. The van der Waals surface area contributed by atoms with Gasteiger partial charge in [0.15, 0.2) is 0 Å². The summed E-state index contributed by atoms with van der Waals surface area (Å²) in [6, 6.07) is 0.524. The van der Waals surface area contributed by atoms with Gasteiger partial charge in [0.2, 0.25) is 10.0 Å². The van der Waals surface area contributed by atoms with Crippen LogP contribution in [-0.4, -0.2) is 32.8 Å². The van der Waals surface area contributed by atoms with Gasteiger partial charge >= 0.3 is 0 Å². The van der Waals surface area contributed by atoms with Gasteiger partial charge in [0, 0.05) is 12.1 Å². The number of rotatable bonds is 6. The lowest BCUT2D eigenvalue weighted by molar-refractivity contribution is 0.392. The molecule has 2 unspecified atom stereocenters. The second-order valence-corrected chi connectivity index (χ2v) is 7.37. The van der Waals surface area contributed by atoms with E-state index in [-0.39, 0.29) is 11.8 Å². The normalized spacial score (nSPS) is 27.9. The molecule has 0 amide bonds. The standard InChI is InChI=1S/C12H24N2O2S/c1-10(11-5-6-11)14-17(15,16)9-7-12-4-2-3-8-13-12/h10-14H,2-9H2,1H3. The SMILES string of the molecule is CC(NS(=O)(=O)CCC1CCCCN1)C1CC1. The Morgan fingerprint density at radius 1 is 1.29 bits per heavy atom. The molecule has 0 aromatic carbocycles. The van der Waals surface area contributed by atoms with E-state index in [2.05, 4.69) is 10.0 Å². The molecule has 100 valence electrons. The molecule has 2 aliphatic rings. The van der Waals surface area contributed by atoms with Crippen molar-refractivity contribution in [3.05, 3.63) is 0 Å². The molecule has 4 nitrogen and oxygen atoms in total. The predicted molar refractivity (Wildman–Crippen MR) is 69.4 cm³/mol. The first-order valence-corrected chi connectivity index (χ1v) is 8.45. The van der Waals surface area contributed by atoms with E-state index < -0.39 is 10.0 Å². The van der Waals surface area contributed by atoms with Crippen LogP contribution in [0.5, 0.6) is 0 Å². The molecule has 1 aliphatic carbocycles. The molecule has 2 rings (SSSR count). The minimum absolute atomic E-state index is 0.124. The second kappa shape index (κ2) is 5.67. The molecule has 1 saturated heterocycles. The molecule has 0 spiro atoms. The van der Waals surface area contributed by atoms with Crippen molar-refractivity contribution in [2.24, 2.45) is 5.92 Å². The molecule has 17 heavy (non-hydrogen) atoms. The first-order chi connectivity index (χ1) is 8.07. The van der Waals surface area contributed by atoms with Crippen LogP contribution in [0.2, 0.25) is 0 Å². The highest BCUT2D eigenvalue weighted by molar-refractivity contribution is 7.89. The molecular weight excluding hydrogens is 236 g/mol. The van der Waals surface area contributed by atoms with E-state index >= 15 is 0 Å². The minimum atomic E-state index is -3.08. The quantitative estimate of drug-likeness (QED) is 0.755. The van der Waals surface area contributed by atoms with E-state index in [1.807, 2.05) is 6.92 Å². The van der Waals surface area contributed by atoms with E-state index in [4.69, 9.17) is 0 Å². The Balaban J connectivity index is 1.72. The first kappa shape index (κ1) is 13.3. The number of nitrogens with one attached hydrogen (secondary N) is 2. The molecule has 1 saturated carbocycles. The summed E-state index contributed by atoms with van der Waals surface area (Å²) >= 11 is 0. The summed E-state index contributed by atoms with van der Waals surface area (Å²) in [6.45, 7) is 3.02. The molecule has 1 heterocycles. The van der Waals surface area contributed by atoms with E-state index in [0.29, 0.717) is 12.0 Å². The van der Waals surface area contributed by atoms with Gasteiger partial charge in [-0.15, -0.1) is 0 Å². The summed E-state index contributed by atoms with van der Waals surface area (Å²) < 4.78 is 26.6. The third-order valence-electron chi connectivity index (χ3n) is 3.84. The molecule has 0 radical (unpaired) electrons. The zero-order valence-corrected chi connectivity index (χ0v) is 11.4. The summed E-state index contributed by atoms with van der Waals surface area (Å²) in [5, 5.41) is 3.39. The average molecular weight is 260 g/mol. The van der Waals surface area contributed by atoms with Crippen molar-refractivity contribution in [3.8, 4) is 0 Å². The van der Waals surface area contributed by atoms with Gasteiger partial charge in [-0.3, -0.25) is 0 Å². The maximum absolute atomic E-state index is 11.9. The van der Waals surface area contributed by atoms with Crippen LogP contribution < -0.4 is 10.0 Å². The van der Waals surface area contributed by atoms with Crippen molar-refractivity contribution in [2.75, 3.05) is 12.3 Å². The Morgan fingerprint density at radius 2 is 2.06 bits per heavy atom. The lowest BCUT2D eigenvalue weighted by Crippen LogP contribution is -2.39. The number of hydrogen-bond acceptors (Lipinski definition) is 3. The van der Waals surface area contributed by atoms with Crippen LogP contribution in [0.3, 0.4) is 0 Å². The van der Waals surface area contributed by atoms with Gasteiger partial charge in [0.05, 0.1) is 5.75 Å². The Hall–Kier alpha value is -0.130. The third-order valence-corrected chi connectivity index (χ3v) is 5.35. The highest BCUT2D eigenvalue weighted by Crippen LogP contribution is 2.32. The topological polar surface area (TPSA) is 58.2 Å². The monoisotopic (exact) mass is 260 g/mol. The maximum Gasteiger partial charge on any atom is 0.211 e. The predicted octanol–water partition coefficient (Wildman–Crippen LogP) is 1.24. The zero-order valence-electron chi connectivity index (χ0n) is 10.6. The van der Waals surface area contributed by atoms with E-state index in [1.54, 1.807) is 0 Å². The van der Waals surface area contributed by atoms with Crippen molar-refractivity contribution in [3.63, 3.8) is 0 Å². The van der Waals surface area contributed by atoms with Crippen LogP contribution in [0.1, 0.15) is 45.4 Å². The summed E-state index contributed by atoms with van der Waals surface area (Å²) in [4.78, 5) is 0. The molecule has 0 aromatic rings. The fraction of sp³-hybridized carbons (Fsp3) is 1.00. The number of sulfonamides is 1. The van der Waals surface area contributed by atoms with Crippen LogP contribution in [0.4, 0.5) is 0 Å². The van der Waals surface area contributed by atoms with Gasteiger partial charge in [-0.1, -0.05) is 6.42 Å². The highest BCUT2D eigenvalue weighted by Gasteiger charge is 2.30. The molecule has 5 heteroatoms.